The van der Waals surface area contributed by atoms with Gasteiger partial charge in [0.25, 0.3) is 0 Å². The molecule has 0 unspecified atom stereocenters. The summed E-state index contributed by atoms with van der Waals surface area (Å²) in [6, 6.07) is 56.9. The summed E-state index contributed by atoms with van der Waals surface area (Å²) in [5.41, 5.74) is 11.8. The first-order valence-corrected chi connectivity index (χ1v) is 17.5. The number of nitriles is 2. The van der Waals surface area contributed by atoms with E-state index in [0.717, 1.165) is 65.0 Å². The van der Waals surface area contributed by atoms with Gasteiger partial charge in [0.2, 0.25) is 0 Å². The highest BCUT2D eigenvalue weighted by molar-refractivity contribution is 7.21. The molecule has 0 N–H and O–H groups in total. The van der Waals surface area contributed by atoms with Gasteiger partial charge in [0.15, 0.2) is 0 Å². The van der Waals surface area contributed by atoms with Gasteiger partial charge in [-0.2, -0.15) is 10.5 Å². The van der Waals surface area contributed by atoms with Gasteiger partial charge in [-0.05, 0) is 90.0 Å². The maximum atomic E-state index is 9.70. The zero-order chi connectivity index (χ0) is 34.1. The van der Waals surface area contributed by atoms with Crippen molar-refractivity contribution in [3.8, 4) is 45.2 Å². The van der Waals surface area contributed by atoms with E-state index in [1.54, 1.807) is 11.3 Å². The monoisotopic (exact) mass is 667 g/mol. The summed E-state index contributed by atoms with van der Waals surface area (Å²) in [6.07, 6.45) is 0. The lowest BCUT2D eigenvalue weighted by Gasteiger charge is -2.13. The SMILES string of the molecule is N#Cc1ccc2c(c1)c1cc(C#N)ccc1n2-c1cccc(-n2c3ccc(-c4ccccc4)cc3c3cc4sc(-c5ccccc5)nc4cc32)c1. The van der Waals surface area contributed by atoms with E-state index in [1.807, 2.05) is 48.5 Å². The van der Waals surface area contributed by atoms with Crippen molar-refractivity contribution < 1.29 is 0 Å². The number of nitrogens with zero attached hydrogens (tertiary/aromatic N) is 5. The van der Waals surface area contributed by atoms with Gasteiger partial charge in [0.1, 0.15) is 5.01 Å². The molecular weight excluding hydrogens is 643 g/mol. The van der Waals surface area contributed by atoms with E-state index in [2.05, 4.69) is 124 Å². The summed E-state index contributed by atoms with van der Waals surface area (Å²) < 4.78 is 5.72. The maximum Gasteiger partial charge on any atom is 0.124 e. The summed E-state index contributed by atoms with van der Waals surface area (Å²) in [5, 5.41) is 24.6. The summed E-state index contributed by atoms with van der Waals surface area (Å²) >= 11 is 1.72. The van der Waals surface area contributed by atoms with Crippen LogP contribution in [0.15, 0.2) is 152 Å². The minimum absolute atomic E-state index is 0.585. The molecule has 10 aromatic rings. The summed E-state index contributed by atoms with van der Waals surface area (Å²) in [7, 11) is 0. The first-order chi connectivity index (χ1) is 25.2. The Balaban J connectivity index is 1.24. The number of benzene rings is 7. The maximum absolute atomic E-state index is 9.70. The third kappa shape index (κ3) is 4.56. The molecule has 236 valence electrons. The minimum atomic E-state index is 0.585. The minimum Gasteiger partial charge on any atom is -0.309 e. The Bertz CT molecular complexity index is 3030. The Hall–Kier alpha value is -6.99. The molecule has 10 rings (SSSR count). The molecule has 0 aliphatic carbocycles. The van der Waals surface area contributed by atoms with Gasteiger partial charge in [-0.3, -0.25) is 0 Å². The predicted octanol–water partition coefficient (Wildman–Crippen LogP) is 11.6. The lowest BCUT2D eigenvalue weighted by atomic mass is 10.0. The first-order valence-electron chi connectivity index (χ1n) is 16.7. The van der Waals surface area contributed by atoms with Crippen LogP contribution in [0, 0.1) is 22.7 Å². The Morgan fingerprint density at radius 2 is 1.00 bits per heavy atom. The van der Waals surface area contributed by atoms with Gasteiger partial charge in [0.05, 0.1) is 55.5 Å². The van der Waals surface area contributed by atoms with Crippen molar-refractivity contribution in [1.29, 1.82) is 10.5 Å². The number of fused-ring (bicyclic) bond motifs is 7. The second-order valence-corrected chi connectivity index (χ2v) is 13.7. The fraction of sp³-hybridized carbons (Fsp3) is 0. The Morgan fingerprint density at radius 1 is 0.451 bits per heavy atom. The zero-order valence-corrected chi connectivity index (χ0v) is 27.9. The molecule has 7 aromatic carbocycles. The van der Waals surface area contributed by atoms with E-state index in [0.29, 0.717) is 11.1 Å². The van der Waals surface area contributed by atoms with E-state index in [1.165, 1.54) is 21.9 Å². The third-order valence-corrected chi connectivity index (χ3v) is 10.8. The molecule has 0 radical (unpaired) electrons. The first kappa shape index (κ1) is 29.0. The van der Waals surface area contributed by atoms with E-state index in [4.69, 9.17) is 4.98 Å². The van der Waals surface area contributed by atoms with Crippen LogP contribution in [0.4, 0.5) is 0 Å². The van der Waals surface area contributed by atoms with E-state index in [9.17, 15) is 10.5 Å². The van der Waals surface area contributed by atoms with E-state index in [-0.39, 0.29) is 0 Å². The molecule has 6 heteroatoms. The van der Waals surface area contributed by atoms with Crippen molar-refractivity contribution in [2.24, 2.45) is 0 Å². The molecule has 0 spiro atoms. The average Bonchev–Trinajstić information content (AvgIpc) is 3.86. The molecule has 0 saturated carbocycles. The van der Waals surface area contributed by atoms with Crippen LogP contribution in [0.1, 0.15) is 11.1 Å². The quantitative estimate of drug-likeness (QED) is 0.187. The summed E-state index contributed by atoms with van der Waals surface area (Å²) in [5.74, 6) is 0. The number of hydrogen-bond donors (Lipinski definition) is 0. The normalized spacial score (nSPS) is 11.5. The van der Waals surface area contributed by atoms with Crippen LogP contribution in [-0.2, 0) is 0 Å². The molecule has 51 heavy (non-hydrogen) atoms. The van der Waals surface area contributed by atoms with Gasteiger partial charge in [-0.1, -0.05) is 72.8 Å². The van der Waals surface area contributed by atoms with Gasteiger partial charge in [0, 0.05) is 38.5 Å². The van der Waals surface area contributed by atoms with Crippen LogP contribution >= 0.6 is 11.3 Å². The van der Waals surface area contributed by atoms with Gasteiger partial charge >= 0.3 is 0 Å². The lowest BCUT2D eigenvalue weighted by molar-refractivity contribution is 1.13. The standard InChI is InChI=1S/C45H25N5S/c46-26-28-14-17-40-35(20-28)36-21-29(27-47)15-18-41(36)49(40)33-12-7-13-34(23-33)50-42-19-16-32(30-8-3-1-4-9-30)22-37(42)38-24-44-39(25-43(38)50)48-45(51-44)31-10-5-2-6-11-31/h1-25H. The molecule has 0 atom stereocenters. The largest absolute Gasteiger partial charge is 0.309 e. The van der Waals surface area contributed by atoms with Crippen LogP contribution in [0.25, 0.3) is 86.9 Å². The predicted molar refractivity (Wildman–Crippen MR) is 209 cm³/mol. The van der Waals surface area contributed by atoms with Crippen LogP contribution < -0.4 is 0 Å². The van der Waals surface area contributed by atoms with Crippen LogP contribution in [-0.4, -0.2) is 14.1 Å². The molecular formula is C45H25N5S. The second kappa shape index (κ2) is 11.3. The fourth-order valence-corrected chi connectivity index (χ4v) is 8.44. The van der Waals surface area contributed by atoms with Gasteiger partial charge in [-0.15, -0.1) is 11.3 Å². The molecule has 3 heterocycles. The van der Waals surface area contributed by atoms with Gasteiger partial charge in [-0.25, -0.2) is 4.98 Å². The molecule has 0 aliphatic heterocycles. The van der Waals surface area contributed by atoms with E-state index < -0.39 is 0 Å². The molecule has 3 aromatic heterocycles. The Kier molecular flexibility index (Phi) is 6.41. The highest BCUT2D eigenvalue weighted by Gasteiger charge is 2.19. The van der Waals surface area contributed by atoms with Crippen molar-refractivity contribution in [1.82, 2.24) is 14.1 Å². The van der Waals surface area contributed by atoms with Crippen LogP contribution in [0.3, 0.4) is 0 Å². The fourth-order valence-electron chi connectivity index (χ4n) is 7.44. The van der Waals surface area contributed by atoms with Crippen molar-refractivity contribution in [3.05, 3.63) is 163 Å². The van der Waals surface area contributed by atoms with Crippen molar-refractivity contribution >= 4 is 65.2 Å². The van der Waals surface area contributed by atoms with Crippen molar-refractivity contribution in [2.45, 2.75) is 0 Å². The summed E-state index contributed by atoms with van der Waals surface area (Å²) in [4.78, 5) is 5.11. The average molecular weight is 668 g/mol. The number of hydrogen-bond acceptors (Lipinski definition) is 4. The van der Waals surface area contributed by atoms with Crippen molar-refractivity contribution in [3.63, 3.8) is 0 Å². The topological polar surface area (TPSA) is 70.3 Å². The molecule has 0 bridgehead atoms. The molecule has 0 saturated heterocycles. The van der Waals surface area contributed by atoms with Crippen molar-refractivity contribution in [2.75, 3.05) is 0 Å². The highest BCUT2D eigenvalue weighted by atomic mass is 32.1. The second-order valence-electron chi connectivity index (χ2n) is 12.7. The number of rotatable bonds is 4. The lowest BCUT2D eigenvalue weighted by Crippen LogP contribution is -1.98. The molecule has 0 fully saturated rings. The van der Waals surface area contributed by atoms with Crippen LogP contribution in [0.5, 0.6) is 0 Å². The number of thiazole rings is 1. The number of aromatic nitrogens is 3. The van der Waals surface area contributed by atoms with E-state index >= 15 is 0 Å². The molecule has 0 aliphatic rings. The smallest absolute Gasteiger partial charge is 0.124 e. The summed E-state index contributed by atoms with van der Waals surface area (Å²) in [6.45, 7) is 0. The highest BCUT2D eigenvalue weighted by Crippen LogP contribution is 2.40. The Morgan fingerprint density at radius 3 is 1.63 bits per heavy atom. The zero-order valence-electron chi connectivity index (χ0n) is 27.1. The molecule has 0 amide bonds. The van der Waals surface area contributed by atoms with Crippen LogP contribution in [0.2, 0.25) is 0 Å². The third-order valence-electron chi connectivity index (χ3n) is 9.77. The Labute approximate surface area is 296 Å². The molecule has 5 nitrogen and oxygen atoms in total. The van der Waals surface area contributed by atoms with Gasteiger partial charge < -0.3 is 9.13 Å².